The number of nitro groups is 1. The van der Waals surface area contributed by atoms with Gasteiger partial charge in [-0.05, 0) is 50.1 Å². The molecule has 154 valence electrons. The Balaban J connectivity index is 1.42. The molecule has 1 aromatic carbocycles. The molecule has 10 nitrogen and oxygen atoms in total. The SMILES string of the molecule is Cc1cc(Nc2ccc(NC(=O)c3ccc([N+](=O)[O-])o3)cc2)nc(N2CCCC2)n1. The number of carbonyl (C=O) groups excluding carboxylic acids is 1. The topological polar surface area (TPSA) is 126 Å². The molecule has 0 aliphatic carbocycles. The third kappa shape index (κ3) is 4.37. The van der Waals surface area contributed by atoms with Gasteiger partial charge >= 0.3 is 5.88 Å². The number of hydrogen-bond acceptors (Lipinski definition) is 8. The first-order chi connectivity index (χ1) is 14.5. The zero-order chi connectivity index (χ0) is 21.1. The number of furan rings is 1. The van der Waals surface area contributed by atoms with Crippen molar-refractivity contribution in [3.05, 3.63) is 64.0 Å². The van der Waals surface area contributed by atoms with Gasteiger partial charge in [0.25, 0.3) is 5.91 Å². The number of aromatic nitrogens is 2. The maximum absolute atomic E-state index is 12.2. The molecule has 0 saturated carbocycles. The lowest BCUT2D eigenvalue weighted by molar-refractivity contribution is -0.402. The van der Waals surface area contributed by atoms with Crippen LogP contribution < -0.4 is 15.5 Å². The molecule has 1 saturated heterocycles. The smallest absolute Gasteiger partial charge is 0.395 e. The highest BCUT2D eigenvalue weighted by Gasteiger charge is 2.18. The zero-order valence-electron chi connectivity index (χ0n) is 16.3. The van der Waals surface area contributed by atoms with E-state index in [0.717, 1.165) is 49.3 Å². The molecule has 2 N–H and O–H groups in total. The lowest BCUT2D eigenvalue weighted by Crippen LogP contribution is -2.21. The summed E-state index contributed by atoms with van der Waals surface area (Å²) in [5, 5.41) is 16.6. The summed E-state index contributed by atoms with van der Waals surface area (Å²) in [6.45, 7) is 3.87. The summed E-state index contributed by atoms with van der Waals surface area (Å²) in [5.74, 6) is 0.254. The average Bonchev–Trinajstić information content (AvgIpc) is 3.41. The Morgan fingerprint density at radius 2 is 1.80 bits per heavy atom. The van der Waals surface area contributed by atoms with E-state index in [1.807, 2.05) is 13.0 Å². The van der Waals surface area contributed by atoms with Gasteiger partial charge in [-0.2, -0.15) is 4.98 Å². The van der Waals surface area contributed by atoms with Gasteiger partial charge < -0.3 is 20.0 Å². The maximum Gasteiger partial charge on any atom is 0.433 e. The van der Waals surface area contributed by atoms with Gasteiger partial charge in [-0.25, -0.2) is 4.98 Å². The Morgan fingerprint density at radius 1 is 1.10 bits per heavy atom. The molecule has 0 bridgehead atoms. The Morgan fingerprint density at radius 3 is 2.47 bits per heavy atom. The van der Waals surface area contributed by atoms with Crippen LogP contribution in [-0.2, 0) is 0 Å². The number of hydrogen-bond donors (Lipinski definition) is 2. The second-order valence-electron chi connectivity index (χ2n) is 6.94. The van der Waals surface area contributed by atoms with Crippen molar-refractivity contribution in [2.45, 2.75) is 19.8 Å². The molecule has 30 heavy (non-hydrogen) atoms. The van der Waals surface area contributed by atoms with Gasteiger partial charge in [0, 0.05) is 36.2 Å². The van der Waals surface area contributed by atoms with Crippen molar-refractivity contribution in [2.75, 3.05) is 28.6 Å². The van der Waals surface area contributed by atoms with E-state index in [1.165, 1.54) is 6.07 Å². The van der Waals surface area contributed by atoms with Crippen LogP contribution in [0.5, 0.6) is 0 Å². The van der Waals surface area contributed by atoms with Gasteiger partial charge in [0.15, 0.2) is 5.76 Å². The number of anilines is 4. The molecule has 0 atom stereocenters. The fourth-order valence-electron chi connectivity index (χ4n) is 3.20. The van der Waals surface area contributed by atoms with E-state index < -0.39 is 16.7 Å². The molecule has 10 heteroatoms. The van der Waals surface area contributed by atoms with Crippen molar-refractivity contribution in [3.8, 4) is 0 Å². The molecule has 2 aromatic heterocycles. The fourth-order valence-corrected chi connectivity index (χ4v) is 3.20. The summed E-state index contributed by atoms with van der Waals surface area (Å²) in [7, 11) is 0. The molecule has 0 unspecified atom stereocenters. The van der Waals surface area contributed by atoms with Crippen LogP contribution in [0.4, 0.5) is 29.0 Å². The highest BCUT2D eigenvalue weighted by Crippen LogP contribution is 2.23. The van der Waals surface area contributed by atoms with E-state index in [1.54, 1.807) is 24.3 Å². The standard InChI is InChI=1S/C20H20N6O4/c1-13-12-17(24-20(21-13)25-10-2-3-11-25)22-14-4-6-15(7-5-14)23-19(27)16-8-9-18(30-16)26(28)29/h4-9,12H,2-3,10-11H2,1H3,(H,23,27)(H,21,22,24). The Kier molecular flexibility index (Phi) is 5.29. The normalized spacial score (nSPS) is 13.3. The van der Waals surface area contributed by atoms with Crippen LogP contribution in [0, 0.1) is 17.0 Å². The molecular weight excluding hydrogens is 388 g/mol. The highest BCUT2D eigenvalue weighted by atomic mass is 16.6. The fraction of sp³-hybridized carbons (Fsp3) is 0.250. The van der Waals surface area contributed by atoms with Crippen molar-refractivity contribution in [1.82, 2.24) is 9.97 Å². The summed E-state index contributed by atoms with van der Waals surface area (Å²) in [6.07, 6.45) is 2.30. The van der Waals surface area contributed by atoms with E-state index >= 15 is 0 Å². The minimum atomic E-state index is -0.693. The van der Waals surface area contributed by atoms with Gasteiger partial charge in [-0.15, -0.1) is 0 Å². The van der Waals surface area contributed by atoms with Crippen LogP contribution >= 0.6 is 0 Å². The zero-order valence-corrected chi connectivity index (χ0v) is 16.3. The first kappa shape index (κ1) is 19.4. The number of benzene rings is 1. The molecule has 1 aliphatic heterocycles. The summed E-state index contributed by atoms with van der Waals surface area (Å²) in [4.78, 5) is 33.4. The molecule has 3 heterocycles. The lowest BCUT2D eigenvalue weighted by Gasteiger charge is -2.17. The second kappa shape index (κ2) is 8.19. The molecule has 3 aromatic rings. The minimum Gasteiger partial charge on any atom is -0.395 e. The van der Waals surface area contributed by atoms with Crippen molar-refractivity contribution >= 4 is 34.9 Å². The molecule has 0 spiro atoms. The van der Waals surface area contributed by atoms with Crippen LogP contribution in [0.3, 0.4) is 0 Å². The van der Waals surface area contributed by atoms with Gasteiger partial charge in [0.2, 0.25) is 5.95 Å². The molecule has 1 aliphatic rings. The summed E-state index contributed by atoms with van der Waals surface area (Å²) in [5.41, 5.74) is 2.21. The Hall–Kier alpha value is -3.95. The number of nitrogens with zero attached hydrogens (tertiary/aromatic N) is 4. The van der Waals surface area contributed by atoms with Crippen LogP contribution in [-0.4, -0.2) is 33.9 Å². The van der Waals surface area contributed by atoms with Gasteiger partial charge in [0.05, 0.1) is 6.07 Å². The Bertz CT molecular complexity index is 1070. The highest BCUT2D eigenvalue weighted by molar-refractivity contribution is 6.02. The Labute approximate surface area is 172 Å². The van der Waals surface area contributed by atoms with Crippen molar-refractivity contribution < 1.29 is 14.1 Å². The van der Waals surface area contributed by atoms with Crippen LogP contribution in [0.2, 0.25) is 0 Å². The summed E-state index contributed by atoms with van der Waals surface area (Å²) >= 11 is 0. The average molecular weight is 408 g/mol. The van der Waals surface area contributed by atoms with Crippen molar-refractivity contribution in [3.63, 3.8) is 0 Å². The van der Waals surface area contributed by atoms with Crippen LogP contribution in [0.15, 0.2) is 46.9 Å². The monoisotopic (exact) mass is 408 g/mol. The third-order valence-electron chi connectivity index (χ3n) is 4.64. The first-order valence-corrected chi connectivity index (χ1v) is 9.51. The largest absolute Gasteiger partial charge is 0.433 e. The van der Waals surface area contributed by atoms with Crippen molar-refractivity contribution in [2.24, 2.45) is 0 Å². The third-order valence-corrected chi connectivity index (χ3v) is 4.64. The minimum absolute atomic E-state index is 0.130. The lowest BCUT2D eigenvalue weighted by atomic mass is 10.2. The molecule has 4 rings (SSSR count). The van der Waals surface area contributed by atoms with E-state index in [2.05, 4.69) is 25.5 Å². The predicted octanol–water partition coefficient (Wildman–Crippen LogP) is 3.88. The number of nitrogens with one attached hydrogen (secondary N) is 2. The molecule has 1 fully saturated rings. The summed E-state index contributed by atoms with van der Waals surface area (Å²) < 4.78 is 4.90. The van der Waals surface area contributed by atoms with E-state index in [4.69, 9.17) is 4.42 Å². The number of carbonyl (C=O) groups is 1. The number of amides is 1. The molecule has 0 radical (unpaired) electrons. The maximum atomic E-state index is 12.2. The van der Waals surface area contributed by atoms with Gasteiger partial charge in [0.1, 0.15) is 10.7 Å². The van der Waals surface area contributed by atoms with E-state index in [-0.39, 0.29) is 5.76 Å². The van der Waals surface area contributed by atoms with Gasteiger partial charge in [-0.1, -0.05) is 0 Å². The predicted molar refractivity (Wildman–Crippen MR) is 111 cm³/mol. The summed E-state index contributed by atoms with van der Waals surface area (Å²) in [6, 6.07) is 11.3. The molecular formula is C20H20N6O4. The van der Waals surface area contributed by atoms with Crippen LogP contribution in [0.25, 0.3) is 0 Å². The molecule has 1 amide bonds. The van der Waals surface area contributed by atoms with E-state index in [9.17, 15) is 14.9 Å². The quantitative estimate of drug-likeness (QED) is 0.465. The van der Waals surface area contributed by atoms with E-state index in [0.29, 0.717) is 11.5 Å². The number of rotatable bonds is 6. The number of aryl methyl sites for hydroxylation is 1. The van der Waals surface area contributed by atoms with Gasteiger partial charge in [-0.3, -0.25) is 14.9 Å². The van der Waals surface area contributed by atoms with Crippen LogP contribution in [0.1, 0.15) is 29.1 Å². The van der Waals surface area contributed by atoms with Crippen molar-refractivity contribution in [1.29, 1.82) is 0 Å². The second-order valence-corrected chi connectivity index (χ2v) is 6.94. The first-order valence-electron chi connectivity index (χ1n) is 9.51.